The number of carbonyl (C=O) groups excluding carboxylic acids is 1. The normalized spacial score (nSPS) is 29.4. The molecule has 96 valence electrons. The van der Waals surface area contributed by atoms with Crippen molar-refractivity contribution in [3.05, 3.63) is 0 Å². The fourth-order valence-corrected chi connectivity index (χ4v) is 4.87. The van der Waals surface area contributed by atoms with Gasteiger partial charge < -0.3 is 0 Å². The van der Waals surface area contributed by atoms with Crippen molar-refractivity contribution in [3.8, 4) is 0 Å². The topological polar surface area (TPSA) is 17.1 Å². The van der Waals surface area contributed by atoms with E-state index in [1.165, 1.54) is 19.3 Å². The molecule has 0 unspecified atom stereocenters. The van der Waals surface area contributed by atoms with Gasteiger partial charge in [0.1, 0.15) is 0 Å². The van der Waals surface area contributed by atoms with Gasteiger partial charge in [-0.3, -0.25) is 0 Å². The van der Waals surface area contributed by atoms with Crippen molar-refractivity contribution in [1.82, 2.24) is 0 Å². The predicted octanol–water partition coefficient (Wildman–Crippen LogP) is 4.56. The van der Waals surface area contributed by atoms with Gasteiger partial charge in [-0.05, 0) is 0 Å². The zero-order chi connectivity index (χ0) is 12.4. The Labute approximate surface area is 114 Å². The second-order valence-corrected chi connectivity index (χ2v) is 23.5. The van der Waals surface area contributed by atoms with Crippen molar-refractivity contribution in [2.75, 3.05) is 26.2 Å². The van der Waals surface area contributed by atoms with Crippen LogP contribution in [0.25, 0.3) is 0 Å². The number of carbonyl (C=O) groups is 1. The third-order valence-electron chi connectivity index (χ3n) is 3.57. The molecule has 1 aliphatic carbocycles. The summed E-state index contributed by atoms with van der Waals surface area (Å²) in [6.45, 7) is 9.15. The Kier molecular flexibility index (Phi) is 4.86. The van der Waals surface area contributed by atoms with Gasteiger partial charge in [0.05, 0.1) is 0 Å². The van der Waals surface area contributed by atoms with Crippen molar-refractivity contribution in [2.24, 2.45) is 11.8 Å². The average molecular weight is 356 g/mol. The molecule has 16 heavy (non-hydrogen) atoms. The summed E-state index contributed by atoms with van der Waals surface area (Å²) in [6, 6.07) is 0. The number of rotatable bonds is 4. The van der Waals surface area contributed by atoms with E-state index in [-0.39, 0.29) is 0 Å². The van der Waals surface area contributed by atoms with E-state index in [4.69, 9.17) is 0 Å². The summed E-state index contributed by atoms with van der Waals surface area (Å²) in [4.78, 5) is 12.2. The number of hydrogen-bond acceptors (Lipinski definition) is 1. The van der Waals surface area contributed by atoms with Crippen LogP contribution in [0.2, 0.25) is 0 Å². The molecular formula is C13H26IOP. The minimum absolute atomic E-state index is 0.388. The van der Waals surface area contributed by atoms with Gasteiger partial charge in [-0.2, -0.15) is 0 Å². The van der Waals surface area contributed by atoms with E-state index in [1.54, 1.807) is 0 Å². The third kappa shape index (κ3) is 5.44. The van der Waals surface area contributed by atoms with Crippen LogP contribution in [0.1, 0.15) is 39.0 Å². The number of hydrogen-bond donors (Lipinski definition) is 0. The Hall–Kier alpha value is 0.830. The van der Waals surface area contributed by atoms with E-state index in [1.807, 2.05) is 0 Å². The van der Waals surface area contributed by atoms with Gasteiger partial charge >= 0.3 is 114 Å². The molecule has 1 aliphatic rings. The van der Waals surface area contributed by atoms with Crippen LogP contribution in [0.3, 0.4) is 0 Å². The van der Waals surface area contributed by atoms with Crippen LogP contribution in [0.15, 0.2) is 0 Å². The zero-order valence-electron chi connectivity index (χ0n) is 11.1. The second-order valence-electron chi connectivity index (χ2n) is 6.67. The maximum absolute atomic E-state index is 12.2. The van der Waals surface area contributed by atoms with Gasteiger partial charge in [0.15, 0.2) is 0 Å². The van der Waals surface area contributed by atoms with Gasteiger partial charge in [-0.1, -0.05) is 0 Å². The molecule has 1 saturated carbocycles. The maximum atomic E-state index is 12.2. The van der Waals surface area contributed by atoms with E-state index in [2.05, 4.69) is 49.0 Å². The molecule has 0 aromatic carbocycles. The van der Waals surface area contributed by atoms with Crippen LogP contribution in [0.4, 0.5) is 0 Å². The molecule has 0 aliphatic heterocycles. The van der Waals surface area contributed by atoms with Crippen molar-refractivity contribution in [1.29, 1.82) is 0 Å². The quantitative estimate of drug-likeness (QED) is 0.533. The third-order valence-corrected chi connectivity index (χ3v) is 5.97. The monoisotopic (exact) mass is 356 g/mol. The first-order valence-electron chi connectivity index (χ1n) is 6.42. The Bertz CT molecular complexity index is 250. The summed E-state index contributed by atoms with van der Waals surface area (Å²) >= 11 is 2.54. The SMILES string of the molecule is CCC1CCC(C(=O)CP(C)(C)(C)I)CC1. The summed E-state index contributed by atoms with van der Waals surface area (Å²) in [5.41, 5.74) is 0. The summed E-state index contributed by atoms with van der Waals surface area (Å²) < 4.78 is -1.67. The molecule has 0 bridgehead atoms. The minimum atomic E-state index is -1.67. The van der Waals surface area contributed by atoms with Gasteiger partial charge in [0.25, 0.3) is 0 Å². The molecule has 0 heterocycles. The van der Waals surface area contributed by atoms with E-state index in [0.29, 0.717) is 11.7 Å². The van der Waals surface area contributed by atoms with E-state index in [9.17, 15) is 4.79 Å². The first-order chi connectivity index (χ1) is 7.17. The summed E-state index contributed by atoms with van der Waals surface area (Å²) in [7, 11) is 0. The molecule has 0 aromatic rings. The Morgan fingerprint density at radius 3 is 2.06 bits per heavy atom. The fraction of sp³-hybridized carbons (Fsp3) is 0.923. The average Bonchev–Trinajstić information content (AvgIpc) is 2.14. The van der Waals surface area contributed by atoms with Crippen molar-refractivity contribution < 1.29 is 4.79 Å². The Morgan fingerprint density at radius 2 is 1.69 bits per heavy atom. The van der Waals surface area contributed by atoms with Crippen LogP contribution in [-0.2, 0) is 4.79 Å². The Morgan fingerprint density at radius 1 is 1.19 bits per heavy atom. The molecule has 1 fully saturated rings. The van der Waals surface area contributed by atoms with Gasteiger partial charge in [0, 0.05) is 0 Å². The molecule has 1 rings (SSSR count). The van der Waals surface area contributed by atoms with E-state index < -0.39 is 4.25 Å². The number of Topliss-reactive ketones (excluding diaryl/α,β-unsaturated/α-hetero) is 1. The zero-order valence-corrected chi connectivity index (χ0v) is 14.2. The summed E-state index contributed by atoms with van der Waals surface area (Å²) in [5.74, 6) is 1.83. The molecular weight excluding hydrogens is 330 g/mol. The standard InChI is InChI=1S/C13H26IOP/c1-5-11-6-8-12(9-7-11)13(15)10-16(2,3,4)14/h11-12H,5-10H2,1-4H3. The van der Waals surface area contributed by atoms with Crippen LogP contribution in [0, 0.1) is 11.8 Å². The number of halogens is 1. The molecule has 0 N–H and O–H groups in total. The molecule has 0 atom stereocenters. The second kappa shape index (κ2) is 5.22. The van der Waals surface area contributed by atoms with Crippen molar-refractivity contribution >= 4 is 32.1 Å². The van der Waals surface area contributed by atoms with Crippen LogP contribution < -0.4 is 0 Å². The van der Waals surface area contributed by atoms with E-state index >= 15 is 0 Å². The Balaban J connectivity index is 2.46. The van der Waals surface area contributed by atoms with Crippen molar-refractivity contribution in [3.63, 3.8) is 0 Å². The number of ketones is 1. The molecule has 3 heteroatoms. The first-order valence-corrected chi connectivity index (χ1v) is 13.0. The predicted molar refractivity (Wildman–Crippen MR) is 84.3 cm³/mol. The van der Waals surface area contributed by atoms with Crippen LogP contribution in [0.5, 0.6) is 0 Å². The van der Waals surface area contributed by atoms with Gasteiger partial charge in [-0.15, -0.1) is 0 Å². The molecule has 0 aromatic heterocycles. The van der Waals surface area contributed by atoms with Crippen LogP contribution in [-0.4, -0.2) is 31.9 Å². The fourth-order valence-electron chi connectivity index (χ4n) is 2.55. The summed E-state index contributed by atoms with van der Waals surface area (Å²) in [6.07, 6.45) is 7.00. The van der Waals surface area contributed by atoms with Gasteiger partial charge in [-0.25, -0.2) is 0 Å². The van der Waals surface area contributed by atoms with Crippen LogP contribution >= 0.6 is 26.3 Å². The van der Waals surface area contributed by atoms with E-state index in [0.717, 1.165) is 24.9 Å². The summed E-state index contributed by atoms with van der Waals surface area (Å²) in [5, 5.41) is 0. The molecule has 0 amide bonds. The molecule has 0 saturated heterocycles. The van der Waals surface area contributed by atoms with Crippen molar-refractivity contribution in [2.45, 2.75) is 39.0 Å². The first kappa shape index (κ1) is 14.9. The molecule has 0 radical (unpaired) electrons. The molecule has 1 nitrogen and oxygen atoms in total. The van der Waals surface area contributed by atoms with Gasteiger partial charge in [0.2, 0.25) is 0 Å². The molecule has 0 spiro atoms.